The molecule has 1 aromatic heterocycles. The van der Waals surface area contributed by atoms with Crippen molar-refractivity contribution in [3.05, 3.63) is 45.1 Å². The number of hydrogen-bond donors (Lipinski definition) is 0. The zero-order chi connectivity index (χ0) is 20.4. The predicted octanol–water partition coefficient (Wildman–Crippen LogP) is 4.85. The molecule has 2 aliphatic rings. The van der Waals surface area contributed by atoms with Crippen molar-refractivity contribution < 1.29 is 19.1 Å². The van der Waals surface area contributed by atoms with Crippen LogP contribution in [0.4, 0.5) is 0 Å². The molecule has 2 aliphatic heterocycles. The Kier molecular flexibility index (Phi) is 5.90. The Balaban J connectivity index is 1.43. The maximum absolute atomic E-state index is 12.9. The van der Waals surface area contributed by atoms with Crippen LogP contribution in [-0.2, 0) is 4.79 Å². The van der Waals surface area contributed by atoms with Gasteiger partial charge in [-0.2, -0.15) is 0 Å². The number of thiophene rings is 1. The number of ether oxygens (including phenoxy) is 2. The van der Waals surface area contributed by atoms with Crippen LogP contribution < -0.4 is 9.47 Å². The lowest BCUT2D eigenvalue weighted by molar-refractivity contribution is -0.132. The minimum atomic E-state index is 0.0416. The molecule has 0 aliphatic carbocycles. The molecule has 6 heteroatoms. The molecule has 1 saturated heterocycles. The molecule has 0 bridgehead atoms. The fraction of sp³-hybridized carbons (Fsp3) is 0.478. The molecule has 4 rings (SSSR count). The maximum atomic E-state index is 12.9. The summed E-state index contributed by atoms with van der Waals surface area (Å²) in [5.41, 5.74) is 1.84. The van der Waals surface area contributed by atoms with E-state index in [1.807, 2.05) is 43.0 Å². The minimum Gasteiger partial charge on any atom is -0.490 e. The third-order valence-corrected chi connectivity index (χ3v) is 6.60. The Morgan fingerprint density at radius 3 is 2.62 bits per heavy atom. The average molecular weight is 414 g/mol. The SMILES string of the molecule is Cc1cc(C(=O)CCC(=O)N2CCC[C@H]2c2ccc3c(c2)OCCCO3)c(C)s1. The number of Topliss-reactive ketones (excluding diaryl/α,β-unsaturated/α-hetero) is 1. The molecule has 0 N–H and O–H groups in total. The Morgan fingerprint density at radius 2 is 1.86 bits per heavy atom. The molecule has 154 valence electrons. The number of benzene rings is 1. The number of likely N-dealkylation sites (tertiary alicyclic amines) is 1. The van der Waals surface area contributed by atoms with Gasteiger partial charge in [-0.3, -0.25) is 9.59 Å². The van der Waals surface area contributed by atoms with Gasteiger partial charge in [0.05, 0.1) is 19.3 Å². The molecule has 3 heterocycles. The summed E-state index contributed by atoms with van der Waals surface area (Å²) in [7, 11) is 0. The fourth-order valence-electron chi connectivity index (χ4n) is 4.21. The van der Waals surface area contributed by atoms with E-state index >= 15 is 0 Å². The molecule has 1 atom stereocenters. The van der Waals surface area contributed by atoms with Crippen LogP contribution in [0.1, 0.15) is 63.8 Å². The lowest BCUT2D eigenvalue weighted by Gasteiger charge is -2.25. The van der Waals surface area contributed by atoms with Gasteiger partial charge in [0, 0.05) is 41.1 Å². The van der Waals surface area contributed by atoms with E-state index in [0.29, 0.717) is 13.2 Å². The van der Waals surface area contributed by atoms with Gasteiger partial charge < -0.3 is 14.4 Å². The van der Waals surface area contributed by atoms with Crippen molar-refractivity contribution in [1.82, 2.24) is 4.90 Å². The van der Waals surface area contributed by atoms with Crippen LogP contribution in [0.3, 0.4) is 0 Å². The quantitative estimate of drug-likeness (QED) is 0.658. The van der Waals surface area contributed by atoms with Crippen LogP contribution in [0.5, 0.6) is 11.5 Å². The fourth-order valence-corrected chi connectivity index (χ4v) is 5.15. The first-order valence-electron chi connectivity index (χ1n) is 10.3. The Labute approximate surface area is 175 Å². The second kappa shape index (κ2) is 8.57. The second-order valence-corrected chi connectivity index (χ2v) is 9.21. The van der Waals surface area contributed by atoms with Gasteiger partial charge in [0.1, 0.15) is 0 Å². The third-order valence-electron chi connectivity index (χ3n) is 5.64. The molecule has 2 aromatic rings. The van der Waals surface area contributed by atoms with E-state index in [4.69, 9.17) is 9.47 Å². The normalized spacial score (nSPS) is 18.6. The van der Waals surface area contributed by atoms with E-state index in [2.05, 4.69) is 0 Å². The number of fused-ring (bicyclic) bond motifs is 1. The van der Waals surface area contributed by atoms with Crippen LogP contribution in [0, 0.1) is 13.8 Å². The van der Waals surface area contributed by atoms with Crippen molar-refractivity contribution in [3.8, 4) is 11.5 Å². The van der Waals surface area contributed by atoms with Gasteiger partial charge in [0.15, 0.2) is 17.3 Å². The summed E-state index contributed by atoms with van der Waals surface area (Å²) in [6.45, 7) is 6.02. The standard InChI is InChI=1S/C23H27NO4S/c1-15-13-18(16(2)29-15)20(25)7-9-23(26)24-10-3-5-19(24)17-6-8-21-22(14-17)28-12-4-11-27-21/h6,8,13-14,19H,3-5,7,9-12H2,1-2H3/t19-/m0/s1. The molecule has 0 spiro atoms. The zero-order valence-corrected chi connectivity index (χ0v) is 17.8. The summed E-state index contributed by atoms with van der Waals surface area (Å²) in [4.78, 5) is 29.6. The summed E-state index contributed by atoms with van der Waals surface area (Å²) in [6, 6.07) is 7.97. The van der Waals surface area contributed by atoms with E-state index in [0.717, 1.165) is 58.2 Å². The van der Waals surface area contributed by atoms with Crippen molar-refractivity contribution in [1.29, 1.82) is 0 Å². The molecule has 1 fully saturated rings. The topological polar surface area (TPSA) is 55.8 Å². The number of carbonyl (C=O) groups is 2. The number of nitrogens with zero attached hydrogens (tertiary/aromatic N) is 1. The van der Waals surface area contributed by atoms with Gasteiger partial charge in [0.2, 0.25) is 5.91 Å². The summed E-state index contributed by atoms with van der Waals surface area (Å²) in [6.07, 6.45) is 3.30. The predicted molar refractivity (Wildman–Crippen MR) is 113 cm³/mol. The number of amides is 1. The number of hydrogen-bond acceptors (Lipinski definition) is 5. The summed E-state index contributed by atoms with van der Waals surface area (Å²) < 4.78 is 11.5. The first kappa shape index (κ1) is 20.0. The van der Waals surface area contributed by atoms with E-state index in [-0.39, 0.29) is 30.6 Å². The van der Waals surface area contributed by atoms with Gasteiger partial charge in [-0.1, -0.05) is 6.07 Å². The van der Waals surface area contributed by atoms with Gasteiger partial charge in [0.25, 0.3) is 0 Å². The van der Waals surface area contributed by atoms with Crippen LogP contribution in [-0.4, -0.2) is 36.3 Å². The first-order valence-corrected chi connectivity index (χ1v) is 11.1. The smallest absolute Gasteiger partial charge is 0.223 e. The monoisotopic (exact) mass is 413 g/mol. The summed E-state index contributed by atoms with van der Waals surface area (Å²) in [5.74, 6) is 1.65. The van der Waals surface area contributed by atoms with E-state index in [9.17, 15) is 9.59 Å². The van der Waals surface area contributed by atoms with Gasteiger partial charge in [-0.25, -0.2) is 0 Å². The number of rotatable bonds is 5. The number of carbonyl (C=O) groups excluding carboxylic acids is 2. The Hall–Kier alpha value is -2.34. The molecule has 0 saturated carbocycles. The van der Waals surface area contributed by atoms with Crippen molar-refractivity contribution >= 4 is 23.0 Å². The summed E-state index contributed by atoms with van der Waals surface area (Å²) >= 11 is 1.63. The zero-order valence-electron chi connectivity index (χ0n) is 17.0. The Bertz CT molecular complexity index is 920. The highest BCUT2D eigenvalue weighted by atomic mass is 32.1. The average Bonchev–Trinajstić information content (AvgIpc) is 3.25. The summed E-state index contributed by atoms with van der Waals surface area (Å²) in [5, 5.41) is 0. The van der Waals surface area contributed by atoms with E-state index < -0.39 is 0 Å². The second-order valence-electron chi connectivity index (χ2n) is 7.75. The molecule has 29 heavy (non-hydrogen) atoms. The van der Waals surface area contributed by atoms with Gasteiger partial charge >= 0.3 is 0 Å². The van der Waals surface area contributed by atoms with Crippen molar-refractivity contribution in [3.63, 3.8) is 0 Å². The van der Waals surface area contributed by atoms with Gasteiger partial charge in [-0.15, -0.1) is 11.3 Å². The molecule has 1 aromatic carbocycles. The number of ketones is 1. The minimum absolute atomic E-state index is 0.0416. The first-order chi connectivity index (χ1) is 14.0. The van der Waals surface area contributed by atoms with Crippen molar-refractivity contribution in [2.24, 2.45) is 0 Å². The Morgan fingerprint density at radius 1 is 1.07 bits per heavy atom. The molecular formula is C23H27NO4S. The highest BCUT2D eigenvalue weighted by Crippen LogP contribution is 2.38. The van der Waals surface area contributed by atoms with E-state index in [1.54, 1.807) is 11.3 Å². The van der Waals surface area contributed by atoms with Crippen molar-refractivity contribution in [2.75, 3.05) is 19.8 Å². The highest BCUT2D eigenvalue weighted by molar-refractivity contribution is 7.12. The van der Waals surface area contributed by atoms with Crippen LogP contribution in [0.25, 0.3) is 0 Å². The van der Waals surface area contributed by atoms with Crippen molar-refractivity contribution in [2.45, 2.75) is 52.0 Å². The van der Waals surface area contributed by atoms with E-state index in [1.165, 1.54) is 0 Å². The molecule has 0 radical (unpaired) electrons. The highest BCUT2D eigenvalue weighted by Gasteiger charge is 2.31. The number of aryl methyl sites for hydroxylation is 2. The molecule has 5 nitrogen and oxygen atoms in total. The largest absolute Gasteiger partial charge is 0.490 e. The van der Waals surface area contributed by atoms with Crippen LogP contribution in [0.2, 0.25) is 0 Å². The third kappa shape index (κ3) is 4.32. The molecule has 0 unspecified atom stereocenters. The van der Waals surface area contributed by atoms with Gasteiger partial charge in [-0.05, 0) is 50.5 Å². The lowest BCUT2D eigenvalue weighted by atomic mass is 10.0. The van der Waals surface area contributed by atoms with Crippen LogP contribution in [0.15, 0.2) is 24.3 Å². The molecular weight excluding hydrogens is 386 g/mol. The molecule has 1 amide bonds. The maximum Gasteiger partial charge on any atom is 0.223 e. The van der Waals surface area contributed by atoms with Crippen LogP contribution >= 0.6 is 11.3 Å². The lowest BCUT2D eigenvalue weighted by Crippen LogP contribution is -2.30.